The van der Waals surface area contributed by atoms with Crippen molar-refractivity contribution in [2.24, 2.45) is 0 Å². The summed E-state index contributed by atoms with van der Waals surface area (Å²) >= 11 is 1.55. The molecule has 0 unspecified atom stereocenters. The molecule has 27 heavy (non-hydrogen) atoms. The van der Waals surface area contributed by atoms with Gasteiger partial charge in [-0.1, -0.05) is 19.1 Å². The summed E-state index contributed by atoms with van der Waals surface area (Å²) in [4.78, 5) is 30.8. The number of carbonyl (C=O) groups is 1. The van der Waals surface area contributed by atoms with Crippen LogP contribution < -0.4 is 10.3 Å². The standard InChI is InChI=1S/C20H22N2O4S/c1-4-15-17(13-7-5-8-14(11-13)25-2)18-19(27-15)21-12-22(20(18)24)10-6-9-16(23)26-3/h5,7-8,11-12H,4,6,9-10H2,1-3H3. The SMILES string of the molecule is CCc1sc2ncn(CCCC(=O)OC)c(=O)c2c1-c1cccc(OC)c1. The quantitative estimate of drug-likeness (QED) is 0.580. The van der Waals surface area contributed by atoms with Crippen LogP contribution in [-0.2, 0) is 22.5 Å². The highest BCUT2D eigenvalue weighted by molar-refractivity contribution is 7.19. The van der Waals surface area contributed by atoms with E-state index in [-0.39, 0.29) is 17.9 Å². The van der Waals surface area contributed by atoms with Crippen LogP contribution in [0.1, 0.15) is 24.6 Å². The Morgan fingerprint density at radius 1 is 1.30 bits per heavy atom. The molecule has 3 aromatic rings. The summed E-state index contributed by atoms with van der Waals surface area (Å²) in [7, 11) is 2.99. The summed E-state index contributed by atoms with van der Waals surface area (Å²) in [5.74, 6) is 0.467. The number of methoxy groups -OCH3 is 2. The van der Waals surface area contributed by atoms with Crippen LogP contribution in [0.5, 0.6) is 5.75 Å². The van der Waals surface area contributed by atoms with Crippen molar-refractivity contribution in [3.63, 3.8) is 0 Å². The summed E-state index contributed by atoms with van der Waals surface area (Å²) in [6.07, 6.45) is 3.18. The van der Waals surface area contributed by atoms with E-state index >= 15 is 0 Å². The molecule has 0 amide bonds. The lowest BCUT2D eigenvalue weighted by molar-refractivity contribution is -0.140. The van der Waals surface area contributed by atoms with Crippen LogP contribution in [0.4, 0.5) is 0 Å². The number of hydrogen-bond donors (Lipinski definition) is 0. The molecule has 0 bridgehead atoms. The van der Waals surface area contributed by atoms with Crippen molar-refractivity contribution >= 4 is 27.5 Å². The van der Waals surface area contributed by atoms with E-state index in [0.717, 1.165) is 33.0 Å². The lowest BCUT2D eigenvalue weighted by Crippen LogP contribution is -2.21. The van der Waals surface area contributed by atoms with Crippen molar-refractivity contribution in [2.45, 2.75) is 32.7 Å². The minimum atomic E-state index is -0.280. The normalized spacial score (nSPS) is 10.9. The highest BCUT2D eigenvalue weighted by Crippen LogP contribution is 2.37. The minimum absolute atomic E-state index is 0.0846. The second-order valence-corrected chi connectivity index (χ2v) is 7.17. The maximum absolute atomic E-state index is 13.1. The van der Waals surface area contributed by atoms with Gasteiger partial charge >= 0.3 is 5.97 Å². The zero-order chi connectivity index (χ0) is 19.4. The Hall–Kier alpha value is -2.67. The molecule has 0 saturated heterocycles. The lowest BCUT2D eigenvalue weighted by Gasteiger charge is -2.08. The monoisotopic (exact) mass is 386 g/mol. The van der Waals surface area contributed by atoms with Gasteiger partial charge < -0.3 is 9.47 Å². The number of hydrogen-bond acceptors (Lipinski definition) is 6. The molecule has 0 aliphatic heterocycles. The molecule has 0 atom stereocenters. The Labute approximate surface area is 161 Å². The number of ether oxygens (including phenoxy) is 2. The van der Waals surface area contributed by atoms with Crippen LogP contribution >= 0.6 is 11.3 Å². The first-order valence-electron chi connectivity index (χ1n) is 8.81. The van der Waals surface area contributed by atoms with Gasteiger partial charge in [0.2, 0.25) is 0 Å². The maximum Gasteiger partial charge on any atom is 0.305 e. The van der Waals surface area contributed by atoms with Gasteiger partial charge in [-0.2, -0.15) is 0 Å². The molecule has 0 aliphatic rings. The summed E-state index contributed by atoms with van der Waals surface area (Å²) in [6, 6.07) is 7.72. The van der Waals surface area contributed by atoms with Crippen LogP contribution in [-0.4, -0.2) is 29.7 Å². The number of fused-ring (bicyclic) bond motifs is 1. The molecule has 2 heterocycles. The van der Waals surface area contributed by atoms with Crippen LogP contribution in [0.15, 0.2) is 35.4 Å². The largest absolute Gasteiger partial charge is 0.497 e. The average molecular weight is 386 g/mol. The molecule has 0 aliphatic carbocycles. The zero-order valence-corrected chi connectivity index (χ0v) is 16.5. The Morgan fingerprint density at radius 2 is 2.11 bits per heavy atom. The van der Waals surface area contributed by atoms with Crippen molar-refractivity contribution in [2.75, 3.05) is 14.2 Å². The molecule has 0 saturated carbocycles. The molecule has 6 nitrogen and oxygen atoms in total. The van der Waals surface area contributed by atoms with Crippen LogP contribution in [0.25, 0.3) is 21.3 Å². The second-order valence-electron chi connectivity index (χ2n) is 6.09. The molecular formula is C20H22N2O4S. The first-order valence-corrected chi connectivity index (χ1v) is 9.62. The summed E-state index contributed by atoms with van der Waals surface area (Å²) in [5, 5.41) is 0.630. The minimum Gasteiger partial charge on any atom is -0.497 e. The predicted molar refractivity (Wildman–Crippen MR) is 106 cm³/mol. The Morgan fingerprint density at radius 3 is 2.81 bits per heavy atom. The number of esters is 1. The van der Waals surface area contributed by atoms with Gasteiger partial charge in [0, 0.05) is 23.4 Å². The summed E-state index contributed by atoms with van der Waals surface area (Å²) in [6.45, 7) is 2.50. The third kappa shape index (κ3) is 3.88. The fourth-order valence-corrected chi connectivity index (χ4v) is 4.15. The van der Waals surface area contributed by atoms with E-state index in [0.29, 0.717) is 18.4 Å². The summed E-state index contributed by atoms with van der Waals surface area (Å²) in [5.41, 5.74) is 1.79. The molecule has 0 N–H and O–H groups in total. The van der Waals surface area contributed by atoms with Crippen molar-refractivity contribution < 1.29 is 14.3 Å². The van der Waals surface area contributed by atoms with E-state index in [1.54, 1.807) is 29.3 Å². The third-order valence-electron chi connectivity index (χ3n) is 4.44. The number of nitrogens with zero attached hydrogens (tertiary/aromatic N) is 2. The second kappa shape index (κ2) is 8.35. The highest BCUT2D eigenvalue weighted by Gasteiger charge is 2.18. The number of aromatic nitrogens is 2. The van der Waals surface area contributed by atoms with Gasteiger partial charge in [0.25, 0.3) is 5.56 Å². The smallest absolute Gasteiger partial charge is 0.305 e. The number of thiophene rings is 1. The van der Waals surface area contributed by atoms with E-state index in [1.165, 1.54) is 7.11 Å². The first-order chi connectivity index (χ1) is 13.1. The Balaban J connectivity index is 2.08. The first kappa shape index (κ1) is 19.1. The van der Waals surface area contributed by atoms with Gasteiger partial charge in [0.05, 0.1) is 25.9 Å². The molecule has 3 rings (SSSR count). The van der Waals surface area contributed by atoms with Gasteiger partial charge in [0.15, 0.2) is 0 Å². The van der Waals surface area contributed by atoms with Gasteiger partial charge in [-0.3, -0.25) is 14.2 Å². The molecule has 2 aromatic heterocycles. The third-order valence-corrected chi connectivity index (χ3v) is 5.68. The molecule has 0 fully saturated rings. The Bertz CT molecular complexity index is 1020. The van der Waals surface area contributed by atoms with Gasteiger partial charge in [0.1, 0.15) is 10.6 Å². The number of carbonyl (C=O) groups excluding carboxylic acids is 1. The van der Waals surface area contributed by atoms with Gasteiger partial charge in [-0.25, -0.2) is 4.98 Å². The van der Waals surface area contributed by atoms with Gasteiger partial charge in [-0.15, -0.1) is 11.3 Å². The molecule has 1 aromatic carbocycles. The number of aryl methyl sites for hydroxylation is 2. The summed E-state index contributed by atoms with van der Waals surface area (Å²) < 4.78 is 11.6. The maximum atomic E-state index is 13.1. The molecule has 7 heteroatoms. The lowest BCUT2D eigenvalue weighted by atomic mass is 10.0. The fraction of sp³-hybridized carbons (Fsp3) is 0.350. The van der Waals surface area contributed by atoms with Crippen molar-refractivity contribution in [3.05, 3.63) is 45.8 Å². The molecule has 142 valence electrons. The number of rotatable bonds is 7. The van der Waals surface area contributed by atoms with E-state index in [4.69, 9.17) is 4.74 Å². The Kier molecular flexibility index (Phi) is 5.91. The fourth-order valence-electron chi connectivity index (χ4n) is 3.06. The zero-order valence-electron chi connectivity index (χ0n) is 15.7. The van der Waals surface area contributed by atoms with E-state index in [9.17, 15) is 9.59 Å². The van der Waals surface area contributed by atoms with Crippen molar-refractivity contribution in [1.82, 2.24) is 9.55 Å². The van der Waals surface area contributed by atoms with E-state index in [1.807, 2.05) is 24.3 Å². The average Bonchev–Trinajstić information content (AvgIpc) is 3.09. The molecule has 0 radical (unpaired) electrons. The van der Waals surface area contributed by atoms with Crippen molar-refractivity contribution in [1.29, 1.82) is 0 Å². The van der Waals surface area contributed by atoms with Crippen molar-refractivity contribution in [3.8, 4) is 16.9 Å². The van der Waals surface area contributed by atoms with Crippen LogP contribution in [0, 0.1) is 0 Å². The topological polar surface area (TPSA) is 70.4 Å². The predicted octanol–water partition coefficient (Wildman–Crippen LogP) is 3.65. The molecule has 0 spiro atoms. The van der Waals surface area contributed by atoms with Crippen LogP contribution in [0.2, 0.25) is 0 Å². The van der Waals surface area contributed by atoms with Gasteiger partial charge in [-0.05, 0) is 30.5 Å². The van der Waals surface area contributed by atoms with Crippen LogP contribution in [0.3, 0.4) is 0 Å². The number of benzene rings is 1. The highest BCUT2D eigenvalue weighted by atomic mass is 32.1. The van der Waals surface area contributed by atoms with E-state index in [2.05, 4.69) is 16.6 Å². The molecular weight excluding hydrogens is 364 g/mol. The van der Waals surface area contributed by atoms with E-state index < -0.39 is 0 Å².